The molecule has 1 heterocycles. The zero-order chi connectivity index (χ0) is 16.3. The summed E-state index contributed by atoms with van der Waals surface area (Å²) < 4.78 is 12.2. The van der Waals surface area contributed by atoms with E-state index >= 15 is 0 Å². The third kappa shape index (κ3) is 1.83. The lowest BCUT2D eigenvalue weighted by Gasteiger charge is -2.13. The van der Waals surface area contributed by atoms with Gasteiger partial charge in [-0.3, -0.25) is 0 Å². The molecule has 0 saturated heterocycles. The van der Waals surface area contributed by atoms with E-state index in [4.69, 9.17) is 0 Å². The van der Waals surface area contributed by atoms with Crippen LogP contribution in [0.15, 0.2) is 71.6 Å². The molecule has 1 N–H and O–H groups in total. The summed E-state index contributed by atoms with van der Waals surface area (Å²) in [4.78, 5) is 4.40. The first-order valence-corrected chi connectivity index (χ1v) is 9.48. The van der Waals surface area contributed by atoms with Crippen LogP contribution in [0.2, 0.25) is 0 Å². The zero-order valence-electron chi connectivity index (χ0n) is 13.2. The van der Waals surface area contributed by atoms with Crippen LogP contribution in [-0.2, 0) is 11.2 Å². The van der Waals surface area contributed by atoms with Crippen molar-refractivity contribution in [1.29, 1.82) is 0 Å². The standard InChI is InChI=1S/C21H15NOS/c1-24(23)19-8-3-2-6-15(19)14-11-12-18-21-16(14)10-9-13-5-4-7-17(22-18)20(13)21/h2-12,22H,1H3. The SMILES string of the molecule is C[S+]([O-])c1ccccc1-c1ccc2[nH]c3cccc4ccc1c2c43. The maximum atomic E-state index is 12.2. The van der Waals surface area contributed by atoms with Gasteiger partial charge in [-0.25, -0.2) is 0 Å². The van der Waals surface area contributed by atoms with Gasteiger partial charge in [0, 0.05) is 27.4 Å². The third-order valence-corrected chi connectivity index (χ3v) is 5.75. The molecule has 116 valence electrons. The van der Waals surface area contributed by atoms with E-state index in [1.807, 2.05) is 18.2 Å². The molecule has 0 fully saturated rings. The lowest BCUT2D eigenvalue weighted by molar-refractivity contribution is 0.601. The minimum absolute atomic E-state index is 0.882. The second-order valence-corrected chi connectivity index (χ2v) is 7.48. The molecule has 2 nitrogen and oxygen atoms in total. The van der Waals surface area contributed by atoms with Gasteiger partial charge in [-0.2, -0.15) is 0 Å². The minimum Gasteiger partial charge on any atom is -0.612 e. The minimum atomic E-state index is -1.02. The smallest absolute Gasteiger partial charge is 0.160 e. The zero-order valence-corrected chi connectivity index (χ0v) is 14.0. The Hall–Kier alpha value is -2.49. The molecule has 24 heavy (non-hydrogen) atoms. The van der Waals surface area contributed by atoms with Gasteiger partial charge >= 0.3 is 0 Å². The molecule has 1 atom stereocenters. The van der Waals surface area contributed by atoms with Crippen LogP contribution in [0.3, 0.4) is 0 Å². The van der Waals surface area contributed by atoms with Gasteiger partial charge in [0.1, 0.15) is 6.26 Å². The van der Waals surface area contributed by atoms with Crippen LogP contribution in [-0.4, -0.2) is 15.8 Å². The summed E-state index contributed by atoms with van der Waals surface area (Å²) in [5.74, 6) is 0. The largest absolute Gasteiger partial charge is 0.612 e. The molecule has 0 spiro atoms. The molecule has 0 aliphatic rings. The molecule has 3 heteroatoms. The number of nitrogens with one attached hydrogen (secondary N) is 1. The highest BCUT2D eigenvalue weighted by atomic mass is 32.2. The first-order chi connectivity index (χ1) is 11.7. The fourth-order valence-corrected chi connectivity index (χ4v) is 4.51. The number of aromatic amines is 1. The van der Waals surface area contributed by atoms with Crippen LogP contribution in [0.25, 0.3) is 43.7 Å². The van der Waals surface area contributed by atoms with Crippen molar-refractivity contribution in [3.8, 4) is 11.1 Å². The van der Waals surface area contributed by atoms with E-state index in [2.05, 4.69) is 53.5 Å². The second-order valence-electron chi connectivity index (χ2n) is 6.13. The molecule has 0 saturated carbocycles. The first-order valence-electron chi connectivity index (χ1n) is 7.92. The normalized spacial score (nSPS) is 13.2. The highest BCUT2D eigenvalue weighted by Gasteiger charge is 2.18. The molecular weight excluding hydrogens is 314 g/mol. The average molecular weight is 329 g/mol. The van der Waals surface area contributed by atoms with Crippen molar-refractivity contribution in [3.05, 3.63) is 66.7 Å². The van der Waals surface area contributed by atoms with Gasteiger partial charge in [0.05, 0.1) is 0 Å². The van der Waals surface area contributed by atoms with Gasteiger partial charge < -0.3 is 9.54 Å². The second kappa shape index (κ2) is 5.00. The Bertz CT molecular complexity index is 1190. The van der Waals surface area contributed by atoms with Crippen LogP contribution in [0.4, 0.5) is 0 Å². The van der Waals surface area contributed by atoms with Crippen LogP contribution >= 0.6 is 0 Å². The van der Waals surface area contributed by atoms with Gasteiger partial charge in [-0.05, 0) is 51.8 Å². The monoisotopic (exact) mass is 329 g/mol. The summed E-state index contributed by atoms with van der Waals surface area (Å²) in [6.07, 6.45) is 1.74. The van der Waals surface area contributed by atoms with E-state index in [0.29, 0.717) is 0 Å². The van der Waals surface area contributed by atoms with E-state index in [0.717, 1.165) is 27.1 Å². The van der Waals surface area contributed by atoms with Crippen LogP contribution in [0, 0.1) is 0 Å². The maximum absolute atomic E-state index is 12.2. The summed E-state index contributed by atoms with van der Waals surface area (Å²) in [7, 11) is 0. The number of hydrogen-bond acceptors (Lipinski definition) is 1. The number of benzene rings is 4. The predicted octanol–water partition coefficient (Wildman–Crippen LogP) is 5.32. The number of rotatable bonds is 2. The van der Waals surface area contributed by atoms with Gasteiger partial charge in [0.15, 0.2) is 4.90 Å². The van der Waals surface area contributed by atoms with Crippen molar-refractivity contribution < 1.29 is 4.55 Å². The van der Waals surface area contributed by atoms with E-state index in [9.17, 15) is 4.55 Å². The topological polar surface area (TPSA) is 38.8 Å². The Morgan fingerprint density at radius 2 is 1.58 bits per heavy atom. The molecule has 0 bridgehead atoms. The molecule has 0 aliphatic carbocycles. The average Bonchev–Trinajstić information content (AvgIpc) is 2.99. The number of hydrogen-bond donors (Lipinski definition) is 1. The molecule has 0 amide bonds. The van der Waals surface area contributed by atoms with Crippen molar-refractivity contribution >= 4 is 43.8 Å². The van der Waals surface area contributed by atoms with Crippen molar-refractivity contribution in [1.82, 2.24) is 4.98 Å². The number of H-pyrrole nitrogens is 1. The van der Waals surface area contributed by atoms with Crippen molar-refractivity contribution in [2.75, 3.05) is 6.26 Å². The first kappa shape index (κ1) is 13.9. The van der Waals surface area contributed by atoms with Crippen molar-refractivity contribution in [2.45, 2.75) is 4.90 Å². The van der Waals surface area contributed by atoms with E-state index in [1.54, 1.807) is 6.26 Å². The van der Waals surface area contributed by atoms with Crippen LogP contribution in [0.1, 0.15) is 0 Å². The predicted molar refractivity (Wildman–Crippen MR) is 102 cm³/mol. The van der Waals surface area contributed by atoms with Crippen molar-refractivity contribution in [2.24, 2.45) is 0 Å². The van der Waals surface area contributed by atoms with Gasteiger partial charge in [0.2, 0.25) is 0 Å². The fraction of sp³-hybridized carbons (Fsp3) is 0.0476. The van der Waals surface area contributed by atoms with Crippen molar-refractivity contribution in [3.63, 3.8) is 0 Å². The summed E-state index contributed by atoms with van der Waals surface area (Å²) in [5.41, 5.74) is 4.50. The molecule has 1 aromatic heterocycles. The Labute approximate surface area is 142 Å². The Morgan fingerprint density at radius 1 is 0.750 bits per heavy atom. The molecule has 5 aromatic rings. The van der Waals surface area contributed by atoms with Crippen LogP contribution < -0.4 is 0 Å². The van der Waals surface area contributed by atoms with Gasteiger partial charge in [-0.1, -0.05) is 42.5 Å². The van der Waals surface area contributed by atoms with E-state index < -0.39 is 11.2 Å². The molecule has 4 aromatic carbocycles. The van der Waals surface area contributed by atoms with Gasteiger partial charge in [0.25, 0.3) is 0 Å². The summed E-state index contributed by atoms with van der Waals surface area (Å²) in [6, 6.07) is 22.9. The Kier molecular flexibility index (Phi) is 2.90. The highest BCUT2D eigenvalue weighted by molar-refractivity contribution is 7.90. The summed E-state index contributed by atoms with van der Waals surface area (Å²) >= 11 is -1.02. The summed E-state index contributed by atoms with van der Waals surface area (Å²) in [6.45, 7) is 0. The molecule has 1 unspecified atom stereocenters. The lowest BCUT2D eigenvalue weighted by Crippen LogP contribution is -1.99. The fourth-order valence-electron chi connectivity index (χ4n) is 3.75. The summed E-state index contributed by atoms with van der Waals surface area (Å²) in [5, 5.41) is 4.99. The van der Waals surface area contributed by atoms with Crippen LogP contribution in [0.5, 0.6) is 0 Å². The highest BCUT2D eigenvalue weighted by Crippen LogP contribution is 2.40. The molecule has 5 rings (SSSR count). The van der Waals surface area contributed by atoms with E-state index in [-0.39, 0.29) is 0 Å². The lowest BCUT2D eigenvalue weighted by atomic mass is 9.95. The Balaban J connectivity index is 1.94. The third-order valence-electron chi connectivity index (χ3n) is 4.78. The van der Waals surface area contributed by atoms with Gasteiger partial charge in [-0.15, -0.1) is 0 Å². The molecule has 0 radical (unpaired) electrons. The Morgan fingerprint density at radius 3 is 2.46 bits per heavy atom. The molecular formula is C21H15NOS. The molecule has 0 aliphatic heterocycles. The van der Waals surface area contributed by atoms with E-state index in [1.165, 1.54) is 21.5 Å². The maximum Gasteiger partial charge on any atom is 0.160 e. The number of aromatic nitrogens is 1. The quantitative estimate of drug-likeness (QED) is 0.346.